The van der Waals surface area contributed by atoms with E-state index in [2.05, 4.69) is 0 Å². The number of phenolic OH excluding ortho intramolecular Hbond substituents is 1. The first-order valence-corrected chi connectivity index (χ1v) is 12.8. The summed E-state index contributed by atoms with van der Waals surface area (Å²) in [5.41, 5.74) is 0. The zero-order chi connectivity index (χ0) is 25.3. The summed E-state index contributed by atoms with van der Waals surface area (Å²) in [5, 5.41) is 11.6. The molecule has 8 nitrogen and oxygen atoms in total. The second-order valence-electron chi connectivity index (χ2n) is 7.62. The molecular formula is C20H20F4N2O6S2. The van der Waals surface area contributed by atoms with Crippen LogP contribution >= 0.6 is 0 Å². The van der Waals surface area contributed by atoms with Crippen molar-refractivity contribution in [1.82, 2.24) is 9.62 Å². The standard InChI is InChI=1S/C20H20F4N2O6S2/c21-15-3-1-2-4-16(15)33(29,30)18-11-14(27)5-6-17(18)34(31,32)26-9-7-13(8-10-26)12-25-19(28)20(22,23)24/h1-6,11,13,27H,7-10,12H2,(H,25,28). The molecule has 2 aromatic carbocycles. The van der Waals surface area contributed by atoms with Crippen molar-refractivity contribution in [2.24, 2.45) is 5.92 Å². The molecule has 186 valence electrons. The number of carbonyl (C=O) groups is 1. The number of benzene rings is 2. The first-order chi connectivity index (χ1) is 15.7. The number of nitrogens with one attached hydrogen (secondary N) is 1. The van der Waals surface area contributed by atoms with Crippen LogP contribution in [0.3, 0.4) is 0 Å². The highest BCUT2D eigenvalue weighted by Crippen LogP contribution is 2.34. The van der Waals surface area contributed by atoms with Crippen LogP contribution in [-0.2, 0) is 24.7 Å². The molecule has 0 atom stereocenters. The topological polar surface area (TPSA) is 121 Å². The highest BCUT2D eigenvalue weighted by Gasteiger charge is 2.39. The number of piperidine rings is 1. The van der Waals surface area contributed by atoms with E-state index in [4.69, 9.17) is 0 Å². The minimum absolute atomic E-state index is 0.116. The summed E-state index contributed by atoms with van der Waals surface area (Å²) in [5.74, 6) is -4.15. The first-order valence-electron chi connectivity index (χ1n) is 9.92. The Bertz CT molecular complexity index is 1290. The Labute approximate surface area is 193 Å². The molecule has 3 rings (SSSR count). The van der Waals surface area contributed by atoms with Gasteiger partial charge in [0.25, 0.3) is 0 Å². The van der Waals surface area contributed by atoms with Crippen molar-refractivity contribution < 1.29 is 44.3 Å². The zero-order valence-corrected chi connectivity index (χ0v) is 19.1. The maximum absolute atomic E-state index is 14.2. The number of hydrogen-bond donors (Lipinski definition) is 2. The van der Waals surface area contributed by atoms with Crippen molar-refractivity contribution in [3.63, 3.8) is 0 Å². The van der Waals surface area contributed by atoms with Gasteiger partial charge in [0.05, 0.1) is 4.90 Å². The van der Waals surface area contributed by atoms with Crippen molar-refractivity contribution in [2.75, 3.05) is 19.6 Å². The molecule has 0 bridgehead atoms. The van der Waals surface area contributed by atoms with Crippen molar-refractivity contribution in [1.29, 1.82) is 0 Å². The largest absolute Gasteiger partial charge is 0.508 e. The smallest absolute Gasteiger partial charge is 0.471 e. The van der Waals surface area contributed by atoms with Crippen molar-refractivity contribution in [3.05, 3.63) is 48.3 Å². The van der Waals surface area contributed by atoms with Gasteiger partial charge in [0.2, 0.25) is 19.9 Å². The van der Waals surface area contributed by atoms with E-state index in [0.29, 0.717) is 6.07 Å². The number of halogens is 4. The maximum atomic E-state index is 14.2. The fourth-order valence-corrected chi connectivity index (χ4v) is 7.13. The normalized spacial score (nSPS) is 16.4. The van der Waals surface area contributed by atoms with Crippen LogP contribution in [0.2, 0.25) is 0 Å². The quantitative estimate of drug-likeness (QED) is 0.560. The van der Waals surface area contributed by atoms with Gasteiger partial charge in [-0.15, -0.1) is 0 Å². The lowest BCUT2D eigenvalue weighted by molar-refractivity contribution is -0.173. The predicted molar refractivity (Wildman–Crippen MR) is 111 cm³/mol. The number of amides is 1. The Morgan fingerprint density at radius 2 is 1.62 bits per heavy atom. The molecule has 0 unspecified atom stereocenters. The van der Waals surface area contributed by atoms with Crippen LogP contribution in [0.4, 0.5) is 17.6 Å². The number of hydrogen-bond acceptors (Lipinski definition) is 6. The Hall–Kier alpha value is -2.71. The van der Waals surface area contributed by atoms with E-state index in [-0.39, 0.29) is 32.5 Å². The van der Waals surface area contributed by atoms with Crippen LogP contribution in [0.15, 0.2) is 57.2 Å². The van der Waals surface area contributed by atoms with Gasteiger partial charge < -0.3 is 10.4 Å². The molecule has 1 aliphatic rings. The molecule has 0 saturated carbocycles. The summed E-state index contributed by atoms with van der Waals surface area (Å²) in [6.07, 6.45) is -4.79. The lowest BCUT2D eigenvalue weighted by atomic mass is 9.98. The van der Waals surface area contributed by atoms with Crippen LogP contribution in [0.1, 0.15) is 12.8 Å². The maximum Gasteiger partial charge on any atom is 0.471 e. The van der Waals surface area contributed by atoms with Crippen molar-refractivity contribution >= 4 is 25.8 Å². The van der Waals surface area contributed by atoms with Crippen LogP contribution in [0.5, 0.6) is 5.75 Å². The van der Waals surface area contributed by atoms with E-state index in [9.17, 15) is 44.3 Å². The second-order valence-corrected chi connectivity index (χ2v) is 11.4. The molecular weight excluding hydrogens is 504 g/mol. The number of sulfone groups is 1. The molecule has 1 aliphatic heterocycles. The summed E-state index contributed by atoms with van der Waals surface area (Å²) in [6, 6.07) is 6.97. The van der Waals surface area contributed by atoms with Crippen molar-refractivity contribution in [2.45, 2.75) is 33.7 Å². The summed E-state index contributed by atoms with van der Waals surface area (Å²) >= 11 is 0. The van der Waals surface area contributed by atoms with Crippen LogP contribution in [0, 0.1) is 11.7 Å². The van der Waals surface area contributed by atoms with Gasteiger partial charge in [0, 0.05) is 25.7 Å². The van der Waals surface area contributed by atoms with E-state index in [1.54, 1.807) is 5.32 Å². The lowest BCUT2D eigenvalue weighted by Crippen LogP contribution is -2.44. The molecule has 1 fully saturated rings. The summed E-state index contributed by atoms with van der Waals surface area (Å²) in [4.78, 5) is 8.72. The molecule has 1 amide bonds. The van der Waals surface area contributed by atoms with Gasteiger partial charge in [-0.05, 0) is 43.0 Å². The fraction of sp³-hybridized carbons (Fsp3) is 0.350. The lowest BCUT2D eigenvalue weighted by Gasteiger charge is -2.31. The van der Waals surface area contributed by atoms with E-state index in [0.717, 1.165) is 28.6 Å². The minimum Gasteiger partial charge on any atom is -0.508 e. The molecule has 0 aliphatic carbocycles. The molecule has 2 N–H and O–H groups in total. The predicted octanol–water partition coefficient (Wildman–Crippen LogP) is 2.44. The van der Waals surface area contributed by atoms with Gasteiger partial charge in [-0.1, -0.05) is 12.1 Å². The second kappa shape index (κ2) is 9.50. The number of rotatable bonds is 6. The average Bonchev–Trinajstić information content (AvgIpc) is 2.77. The Morgan fingerprint density at radius 3 is 2.21 bits per heavy atom. The summed E-state index contributed by atoms with van der Waals surface area (Å²) in [7, 11) is -9.12. The third-order valence-electron chi connectivity index (χ3n) is 5.34. The van der Waals surface area contributed by atoms with Crippen molar-refractivity contribution in [3.8, 4) is 5.75 Å². The van der Waals surface area contributed by atoms with Gasteiger partial charge in [0.1, 0.15) is 21.4 Å². The molecule has 14 heteroatoms. The van der Waals surface area contributed by atoms with Crippen LogP contribution < -0.4 is 5.32 Å². The van der Waals surface area contributed by atoms with Gasteiger partial charge in [-0.2, -0.15) is 17.5 Å². The molecule has 1 saturated heterocycles. The van der Waals surface area contributed by atoms with E-state index in [1.807, 2.05) is 0 Å². The first kappa shape index (κ1) is 25.9. The monoisotopic (exact) mass is 524 g/mol. The average molecular weight is 525 g/mol. The zero-order valence-electron chi connectivity index (χ0n) is 17.4. The van der Waals surface area contributed by atoms with E-state index >= 15 is 0 Å². The van der Waals surface area contributed by atoms with E-state index < -0.39 is 64.1 Å². The molecule has 0 radical (unpaired) electrons. The number of aromatic hydroxyl groups is 1. The third-order valence-corrected chi connectivity index (χ3v) is 9.26. The Morgan fingerprint density at radius 1 is 1.00 bits per heavy atom. The Kier molecular flexibility index (Phi) is 7.24. The summed E-state index contributed by atoms with van der Waals surface area (Å²) in [6.45, 7) is -0.581. The fourth-order valence-electron chi connectivity index (χ4n) is 3.53. The van der Waals surface area contributed by atoms with Gasteiger partial charge in [-0.25, -0.2) is 21.2 Å². The summed E-state index contributed by atoms with van der Waals surface area (Å²) < 4.78 is 105. The van der Waals surface area contributed by atoms with Crippen LogP contribution in [0.25, 0.3) is 0 Å². The number of nitrogens with zero attached hydrogens (tertiary/aromatic N) is 1. The molecule has 0 spiro atoms. The highest BCUT2D eigenvalue weighted by atomic mass is 32.2. The van der Waals surface area contributed by atoms with Crippen LogP contribution in [-0.4, -0.2) is 58.0 Å². The number of alkyl halides is 3. The highest BCUT2D eigenvalue weighted by molar-refractivity contribution is 7.93. The molecule has 0 aromatic heterocycles. The number of carbonyl (C=O) groups excluding carboxylic acids is 1. The molecule has 2 aromatic rings. The number of sulfonamides is 1. The third kappa shape index (κ3) is 5.33. The molecule has 1 heterocycles. The van der Waals surface area contributed by atoms with Gasteiger partial charge in [0.15, 0.2) is 0 Å². The number of phenols is 1. The minimum atomic E-state index is -5.02. The Balaban J connectivity index is 1.85. The van der Waals surface area contributed by atoms with Gasteiger partial charge >= 0.3 is 12.1 Å². The molecule has 34 heavy (non-hydrogen) atoms. The van der Waals surface area contributed by atoms with E-state index in [1.165, 1.54) is 12.1 Å². The van der Waals surface area contributed by atoms with Gasteiger partial charge in [-0.3, -0.25) is 4.79 Å². The SMILES string of the molecule is O=C(NCC1CCN(S(=O)(=O)c2ccc(O)cc2S(=O)(=O)c2ccccc2F)CC1)C(F)(F)F.